The van der Waals surface area contributed by atoms with Gasteiger partial charge in [-0.2, -0.15) is 12.6 Å². The van der Waals surface area contributed by atoms with Crippen molar-refractivity contribution in [3.63, 3.8) is 0 Å². The number of hydrogen-bond acceptors (Lipinski definition) is 6. The molecule has 0 heterocycles. The quantitative estimate of drug-likeness (QED) is 0.224. The molecule has 7 nitrogen and oxygen atoms in total. The molecule has 8 heteroatoms. The van der Waals surface area contributed by atoms with Crippen molar-refractivity contribution in [2.24, 2.45) is 0 Å². The molecule has 0 saturated heterocycles. The van der Waals surface area contributed by atoms with Gasteiger partial charge in [-0.25, -0.2) is 0 Å². The fourth-order valence-corrected chi connectivity index (χ4v) is 1.44. The van der Waals surface area contributed by atoms with Crippen molar-refractivity contribution in [1.82, 2.24) is 16.0 Å². The van der Waals surface area contributed by atoms with Gasteiger partial charge in [0.05, 0.1) is 31.5 Å². The van der Waals surface area contributed by atoms with E-state index in [0.29, 0.717) is 0 Å². The zero-order valence-corrected chi connectivity index (χ0v) is 11.4. The average Bonchev–Trinajstić information content (AvgIpc) is 2.30. The van der Waals surface area contributed by atoms with Gasteiger partial charge in [0.2, 0.25) is 11.8 Å². The van der Waals surface area contributed by atoms with E-state index in [2.05, 4.69) is 28.6 Å². The first kappa shape index (κ1) is 17.2. The maximum absolute atomic E-state index is 11.8. The highest BCUT2D eigenvalue weighted by Crippen LogP contribution is 1.94. The lowest BCUT2D eigenvalue weighted by molar-refractivity contribution is -0.125. The van der Waals surface area contributed by atoms with Crippen molar-refractivity contribution in [2.75, 3.05) is 19.0 Å². The third-order valence-electron chi connectivity index (χ3n) is 2.29. The SMILES string of the molecule is CC(=O)NCN[C@@H](CS)C(=O)N[C@H](CO)[C@@H](C)O. The van der Waals surface area contributed by atoms with Gasteiger partial charge >= 0.3 is 0 Å². The molecule has 0 aromatic carbocycles. The molecule has 18 heavy (non-hydrogen) atoms. The molecule has 5 N–H and O–H groups in total. The Kier molecular flexibility index (Phi) is 8.73. The first-order valence-corrected chi connectivity index (χ1v) is 6.23. The van der Waals surface area contributed by atoms with E-state index in [-0.39, 0.29) is 24.9 Å². The van der Waals surface area contributed by atoms with Crippen molar-refractivity contribution in [3.05, 3.63) is 0 Å². The maximum Gasteiger partial charge on any atom is 0.238 e. The maximum atomic E-state index is 11.8. The molecule has 2 amide bonds. The number of nitrogens with one attached hydrogen (secondary N) is 3. The van der Waals surface area contributed by atoms with Crippen LogP contribution in [0.3, 0.4) is 0 Å². The molecular formula is C10H21N3O4S. The number of carbonyl (C=O) groups is 2. The van der Waals surface area contributed by atoms with Gasteiger partial charge in [-0.15, -0.1) is 0 Å². The minimum atomic E-state index is -0.852. The van der Waals surface area contributed by atoms with Crippen LogP contribution in [0, 0.1) is 0 Å². The third-order valence-corrected chi connectivity index (χ3v) is 2.66. The Bertz CT molecular complexity index is 276. The van der Waals surface area contributed by atoms with Crippen LogP contribution in [0.5, 0.6) is 0 Å². The normalized spacial score (nSPS) is 15.6. The molecule has 0 saturated carbocycles. The molecule has 0 rings (SSSR count). The monoisotopic (exact) mass is 279 g/mol. The molecule has 0 aromatic rings. The van der Waals surface area contributed by atoms with E-state index in [1.54, 1.807) is 0 Å². The summed E-state index contributed by atoms with van der Waals surface area (Å²) >= 11 is 4.02. The predicted octanol–water partition coefficient (Wildman–Crippen LogP) is -2.17. The Morgan fingerprint density at radius 1 is 1.39 bits per heavy atom. The van der Waals surface area contributed by atoms with E-state index < -0.39 is 24.1 Å². The smallest absolute Gasteiger partial charge is 0.238 e. The minimum Gasteiger partial charge on any atom is -0.394 e. The Morgan fingerprint density at radius 2 is 2.00 bits per heavy atom. The van der Waals surface area contributed by atoms with Crippen LogP contribution in [0.2, 0.25) is 0 Å². The molecule has 0 aliphatic carbocycles. The molecule has 106 valence electrons. The van der Waals surface area contributed by atoms with Gasteiger partial charge in [-0.05, 0) is 6.92 Å². The Hall–Kier alpha value is -0.830. The second kappa shape index (κ2) is 9.15. The summed E-state index contributed by atoms with van der Waals surface area (Å²) in [5.74, 6) is -0.378. The number of rotatable bonds is 8. The largest absolute Gasteiger partial charge is 0.394 e. The molecule has 0 unspecified atom stereocenters. The highest BCUT2D eigenvalue weighted by Gasteiger charge is 2.22. The summed E-state index contributed by atoms with van der Waals surface area (Å²) in [6, 6.07) is -1.34. The number of aliphatic hydroxyl groups excluding tert-OH is 2. The molecule has 0 aromatic heterocycles. The van der Waals surface area contributed by atoms with Crippen LogP contribution in [-0.4, -0.2) is 59.2 Å². The van der Waals surface area contributed by atoms with Crippen molar-refractivity contribution in [2.45, 2.75) is 32.0 Å². The van der Waals surface area contributed by atoms with Crippen molar-refractivity contribution < 1.29 is 19.8 Å². The molecular weight excluding hydrogens is 258 g/mol. The van der Waals surface area contributed by atoms with Crippen LogP contribution in [-0.2, 0) is 9.59 Å². The van der Waals surface area contributed by atoms with Crippen LogP contribution in [0.25, 0.3) is 0 Å². The summed E-state index contributed by atoms with van der Waals surface area (Å²) in [7, 11) is 0. The Labute approximate surface area is 112 Å². The second-order valence-corrected chi connectivity index (χ2v) is 4.25. The van der Waals surface area contributed by atoms with Crippen LogP contribution in [0.1, 0.15) is 13.8 Å². The van der Waals surface area contributed by atoms with Crippen LogP contribution >= 0.6 is 12.6 Å². The zero-order chi connectivity index (χ0) is 14.1. The summed E-state index contributed by atoms with van der Waals surface area (Å²) in [6.07, 6.45) is -0.852. The fourth-order valence-electron chi connectivity index (χ4n) is 1.14. The number of aliphatic hydroxyl groups is 2. The van der Waals surface area contributed by atoms with E-state index in [1.165, 1.54) is 13.8 Å². The van der Waals surface area contributed by atoms with Gasteiger partial charge in [-0.1, -0.05) is 0 Å². The number of carbonyl (C=O) groups excluding carboxylic acids is 2. The number of thiol groups is 1. The standard InChI is InChI=1S/C10H21N3O4S/c1-6(15)8(3-14)13-10(17)9(4-18)12-5-11-7(2)16/h6,8-9,12,14-15,18H,3-5H2,1-2H3,(H,11,16)(H,13,17)/t6-,8-,9+/m1/s1. The van der Waals surface area contributed by atoms with Crippen molar-refractivity contribution >= 4 is 24.4 Å². The van der Waals surface area contributed by atoms with Crippen LogP contribution < -0.4 is 16.0 Å². The third kappa shape index (κ3) is 6.80. The van der Waals surface area contributed by atoms with Gasteiger partial charge in [-0.3, -0.25) is 14.9 Å². The fraction of sp³-hybridized carbons (Fsp3) is 0.800. The highest BCUT2D eigenvalue weighted by molar-refractivity contribution is 7.80. The summed E-state index contributed by atoms with van der Waals surface area (Å²) in [4.78, 5) is 22.4. The van der Waals surface area contributed by atoms with E-state index >= 15 is 0 Å². The van der Waals surface area contributed by atoms with E-state index in [4.69, 9.17) is 5.11 Å². The topological polar surface area (TPSA) is 111 Å². The average molecular weight is 279 g/mol. The molecule has 0 bridgehead atoms. The van der Waals surface area contributed by atoms with Gasteiger partial charge in [0.25, 0.3) is 0 Å². The van der Waals surface area contributed by atoms with Gasteiger partial charge in [0.15, 0.2) is 0 Å². The number of amides is 2. The zero-order valence-electron chi connectivity index (χ0n) is 10.5. The molecule has 0 aliphatic rings. The first-order valence-electron chi connectivity index (χ1n) is 5.60. The molecule has 0 aliphatic heterocycles. The van der Waals surface area contributed by atoms with E-state index in [0.717, 1.165) is 0 Å². The van der Waals surface area contributed by atoms with Gasteiger partial charge < -0.3 is 20.8 Å². The molecule has 0 fully saturated rings. The number of hydrogen-bond donors (Lipinski definition) is 6. The van der Waals surface area contributed by atoms with E-state index in [1.807, 2.05) is 0 Å². The summed E-state index contributed by atoms with van der Waals surface area (Å²) in [5, 5.41) is 26.0. The lowest BCUT2D eigenvalue weighted by atomic mass is 10.2. The Morgan fingerprint density at radius 3 is 2.39 bits per heavy atom. The Balaban J connectivity index is 4.21. The second-order valence-electron chi connectivity index (χ2n) is 3.89. The lowest BCUT2D eigenvalue weighted by Crippen LogP contribution is -2.54. The van der Waals surface area contributed by atoms with Crippen molar-refractivity contribution in [1.29, 1.82) is 0 Å². The molecule has 0 radical (unpaired) electrons. The summed E-state index contributed by atoms with van der Waals surface area (Å²) < 4.78 is 0. The van der Waals surface area contributed by atoms with Crippen molar-refractivity contribution in [3.8, 4) is 0 Å². The van der Waals surface area contributed by atoms with E-state index in [9.17, 15) is 14.7 Å². The summed E-state index contributed by atoms with van der Waals surface area (Å²) in [6.45, 7) is 2.63. The minimum absolute atomic E-state index is 0.145. The first-order chi connectivity index (χ1) is 8.42. The molecule has 0 spiro atoms. The lowest BCUT2D eigenvalue weighted by Gasteiger charge is -2.23. The predicted molar refractivity (Wildman–Crippen MR) is 70.2 cm³/mol. The van der Waals surface area contributed by atoms with Crippen LogP contribution in [0.4, 0.5) is 0 Å². The summed E-state index contributed by atoms with van der Waals surface area (Å²) in [5.41, 5.74) is 0. The highest BCUT2D eigenvalue weighted by atomic mass is 32.1. The van der Waals surface area contributed by atoms with Gasteiger partial charge in [0, 0.05) is 12.7 Å². The molecule has 3 atom stereocenters. The van der Waals surface area contributed by atoms with Gasteiger partial charge in [0.1, 0.15) is 0 Å². The van der Waals surface area contributed by atoms with Crippen LogP contribution in [0.15, 0.2) is 0 Å².